The molecular formula is C107H99F5N12O10. The van der Waals surface area contributed by atoms with Crippen molar-refractivity contribution in [3.63, 3.8) is 0 Å². The summed E-state index contributed by atoms with van der Waals surface area (Å²) in [5.41, 5.74) is 14.6. The molecule has 4 amide bonds. The van der Waals surface area contributed by atoms with E-state index in [4.69, 9.17) is 22.4 Å². The van der Waals surface area contributed by atoms with Gasteiger partial charge in [-0.1, -0.05) is 107 Å². The maximum absolute atomic E-state index is 13.9. The third-order valence-electron chi connectivity index (χ3n) is 24.9. The van der Waals surface area contributed by atoms with Crippen molar-refractivity contribution in [2.24, 2.45) is 0 Å². The second-order valence-corrected chi connectivity index (χ2v) is 33.7. The molecule has 8 aromatic carbocycles. The third kappa shape index (κ3) is 20.7. The minimum absolute atomic E-state index is 0.0625. The Morgan fingerprint density at radius 1 is 0.351 bits per heavy atom. The lowest BCUT2D eigenvalue weighted by Crippen LogP contribution is -2.13. The Bertz CT molecular complexity index is 6790. The first kappa shape index (κ1) is 90.6. The normalized spacial score (nSPS) is 13.9. The van der Waals surface area contributed by atoms with Gasteiger partial charge in [0.2, 0.25) is 0 Å². The topological polar surface area (TPSA) is 267 Å². The summed E-state index contributed by atoms with van der Waals surface area (Å²) in [6.07, 6.45) is 25.9. The van der Waals surface area contributed by atoms with Gasteiger partial charge in [0.15, 0.2) is 46.1 Å². The van der Waals surface area contributed by atoms with Crippen molar-refractivity contribution in [1.29, 1.82) is 0 Å². The van der Waals surface area contributed by atoms with Crippen molar-refractivity contribution in [1.82, 2.24) is 38.2 Å². The van der Waals surface area contributed by atoms with E-state index in [0.717, 1.165) is 162 Å². The van der Waals surface area contributed by atoms with Crippen molar-refractivity contribution in [2.75, 3.05) is 27.9 Å². The van der Waals surface area contributed by atoms with E-state index >= 15 is 0 Å². The molecule has 8 heterocycles. The van der Waals surface area contributed by atoms with E-state index in [2.05, 4.69) is 66.4 Å². The number of benzene rings is 8. The number of anilines is 4. The number of carbonyl (C=O) groups is 5. The quantitative estimate of drug-likeness (QED) is 0.0343. The highest BCUT2D eigenvalue weighted by Crippen LogP contribution is 2.45. The van der Waals surface area contributed by atoms with Gasteiger partial charge in [-0.3, -0.25) is 19.2 Å². The van der Waals surface area contributed by atoms with Gasteiger partial charge in [-0.15, -0.1) is 0 Å². The Labute approximate surface area is 770 Å². The fraction of sp³-hybridized carbons (Fsp3) is 0.243. The van der Waals surface area contributed by atoms with E-state index in [1.807, 2.05) is 81.1 Å². The lowest BCUT2D eigenvalue weighted by atomic mass is 10.1. The molecule has 8 aromatic heterocycles. The van der Waals surface area contributed by atoms with E-state index in [1.54, 1.807) is 141 Å². The molecule has 4 N–H and O–H groups in total. The van der Waals surface area contributed by atoms with E-state index < -0.39 is 23.6 Å². The molecule has 134 heavy (non-hydrogen) atoms. The molecule has 27 heteroatoms. The summed E-state index contributed by atoms with van der Waals surface area (Å²) in [7, 11) is 0. The molecule has 0 radical (unpaired) electrons. The van der Waals surface area contributed by atoms with Crippen molar-refractivity contribution in [2.45, 2.75) is 161 Å². The van der Waals surface area contributed by atoms with Crippen LogP contribution in [0.5, 0.6) is 0 Å². The molecule has 0 bridgehead atoms. The first-order valence-electron chi connectivity index (χ1n) is 45.4. The van der Waals surface area contributed by atoms with Crippen molar-refractivity contribution in [3.8, 4) is 90.8 Å². The van der Waals surface area contributed by atoms with Gasteiger partial charge in [-0.2, -0.15) is 0 Å². The Morgan fingerprint density at radius 2 is 0.672 bits per heavy atom. The average Bonchev–Trinajstić information content (AvgIpc) is 1.64. The van der Waals surface area contributed by atoms with Crippen LogP contribution in [0.3, 0.4) is 0 Å². The number of para-hydroxylation sites is 2. The van der Waals surface area contributed by atoms with Gasteiger partial charge in [0.05, 0.1) is 65.9 Å². The van der Waals surface area contributed by atoms with E-state index in [0.29, 0.717) is 57.8 Å². The number of hydrogen-bond acceptors (Lipinski definition) is 14. The number of rotatable bonds is 23. The lowest BCUT2D eigenvalue weighted by Gasteiger charge is -2.15. The van der Waals surface area contributed by atoms with E-state index in [9.17, 15) is 45.9 Å². The summed E-state index contributed by atoms with van der Waals surface area (Å²) in [6, 6.07) is 66.0. The Balaban J connectivity index is 0.000000124. The van der Waals surface area contributed by atoms with Gasteiger partial charge in [0.1, 0.15) is 51.9 Å². The number of carbonyl (C=O) groups excluding carboxylic acids is 5. The number of halogens is 5. The summed E-state index contributed by atoms with van der Waals surface area (Å²) in [5, 5.41) is 11.2. The summed E-state index contributed by atoms with van der Waals surface area (Å²) >= 11 is 0. The van der Waals surface area contributed by atoms with Crippen LogP contribution < -0.4 is 21.3 Å². The maximum Gasteiger partial charge on any atom is 0.338 e. The zero-order chi connectivity index (χ0) is 92.9. The first-order chi connectivity index (χ1) is 65.3. The molecular weight excluding hydrogens is 1710 g/mol. The molecule has 682 valence electrons. The van der Waals surface area contributed by atoms with E-state index in [-0.39, 0.29) is 82.5 Å². The number of furan rings is 4. The second kappa shape index (κ2) is 41.4. The van der Waals surface area contributed by atoms with Gasteiger partial charge in [-0.05, 0) is 283 Å². The number of aryl methyl sites for hydroxylation is 3. The van der Waals surface area contributed by atoms with Gasteiger partial charge in [0, 0.05) is 63.5 Å². The molecule has 4 aliphatic carbocycles. The predicted octanol–water partition coefficient (Wildman–Crippen LogP) is 26.8. The largest absolute Gasteiger partial charge is 0.462 e. The van der Waals surface area contributed by atoms with Crippen LogP contribution in [-0.4, -0.2) is 74.4 Å². The molecule has 4 aliphatic rings. The van der Waals surface area contributed by atoms with Crippen molar-refractivity contribution in [3.05, 3.63) is 336 Å². The molecule has 22 nitrogen and oxygen atoms in total. The van der Waals surface area contributed by atoms with Crippen LogP contribution in [0.2, 0.25) is 0 Å². The van der Waals surface area contributed by atoms with Crippen molar-refractivity contribution < 1.29 is 68.3 Å². The summed E-state index contributed by atoms with van der Waals surface area (Å²) < 4.78 is 106. The number of ether oxygens (including phenoxy) is 1. The summed E-state index contributed by atoms with van der Waals surface area (Å²) in [4.78, 5) is 81.9. The molecule has 0 unspecified atom stereocenters. The summed E-state index contributed by atoms with van der Waals surface area (Å²) in [6.45, 7) is 8.02. The molecule has 16 aromatic rings. The fourth-order valence-electron chi connectivity index (χ4n) is 18.0. The maximum atomic E-state index is 13.9. The number of nitrogens with one attached hydrogen (secondary N) is 4. The van der Waals surface area contributed by atoms with Crippen LogP contribution in [0.1, 0.15) is 210 Å². The van der Waals surface area contributed by atoms with Crippen molar-refractivity contribution >= 4 is 52.3 Å². The minimum Gasteiger partial charge on any atom is -0.462 e. The van der Waals surface area contributed by atoms with Crippen LogP contribution in [0.4, 0.5) is 44.7 Å². The molecule has 0 spiro atoms. The lowest BCUT2D eigenvalue weighted by molar-refractivity contribution is 0.0525. The van der Waals surface area contributed by atoms with Gasteiger partial charge in [-0.25, -0.2) is 46.7 Å². The van der Waals surface area contributed by atoms with E-state index in [1.165, 1.54) is 91.9 Å². The molecule has 0 aliphatic heterocycles. The number of imidazole rings is 4. The number of esters is 1. The summed E-state index contributed by atoms with van der Waals surface area (Å²) in [5.74, 6) is -1.02. The number of aromatic nitrogens is 8. The van der Waals surface area contributed by atoms with Gasteiger partial charge in [0.25, 0.3) is 23.6 Å². The Kier molecular flexibility index (Phi) is 28.0. The second-order valence-electron chi connectivity index (χ2n) is 33.7. The Hall–Kier alpha value is -15.3. The SMILES string of the molecule is CCOC(=O)c1cccc(NC(=O)c2ccc(-c3c(-c4ccc(F)cc4)ncn3C3CCCC3)o2)c1.CCc1ccc(NC(=O)c2ccc(-c3c(-c4ccc(F)cc4)ncn3C3CCCC3)o2)cc1.Cc1cccc(C)c1NC(=O)c1ccc(-c2c(-c3ccc(F)cc3)ncn2C2CCCC2)o1.O=C(Nc1ccccc1F)c1ccc(-c2c(-c3ccc(F)cc3)ncn2C2CCCC2)o1. The molecule has 4 saturated carbocycles. The highest BCUT2D eigenvalue weighted by Gasteiger charge is 2.33. The predicted molar refractivity (Wildman–Crippen MR) is 504 cm³/mol. The Morgan fingerprint density at radius 3 is 1.01 bits per heavy atom. The molecule has 20 rings (SSSR count). The van der Waals surface area contributed by atoms with Crippen LogP contribution >= 0.6 is 0 Å². The van der Waals surface area contributed by atoms with Crippen LogP contribution in [0.25, 0.3) is 90.8 Å². The zero-order valence-electron chi connectivity index (χ0n) is 74.4. The van der Waals surface area contributed by atoms with Crippen LogP contribution in [-0.2, 0) is 11.2 Å². The van der Waals surface area contributed by atoms with Gasteiger partial charge < -0.3 is 61.9 Å². The molecule has 0 saturated heterocycles. The van der Waals surface area contributed by atoms with Crippen LogP contribution in [0, 0.1) is 42.9 Å². The number of hydrogen-bond donors (Lipinski definition) is 4. The third-order valence-corrected chi connectivity index (χ3v) is 24.9. The monoisotopic (exact) mass is 1810 g/mol. The highest BCUT2D eigenvalue weighted by atomic mass is 19.1. The number of amides is 4. The fourth-order valence-corrected chi connectivity index (χ4v) is 18.0. The first-order valence-corrected chi connectivity index (χ1v) is 45.4. The molecule has 4 fully saturated rings. The highest BCUT2D eigenvalue weighted by molar-refractivity contribution is 6.06. The standard InChI is InChI=1S/C28H26FN3O4.2C27H26FN3O2.C25H21F2N3O2/c1-2-35-28(34)19-6-5-7-21(16-19)31-27(33)24-15-14-23(36-24)26-25(18-10-12-20(29)13-11-18)30-17-32(26)22-8-3-4-9-22;1-17-6-5-7-18(2)24(17)30-27(32)23-15-14-22(33-23)26-25(19-10-12-20(28)13-11-19)29-16-31(26)21-8-3-4-9-21;1-2-18-7-13-21(14-8-18)30-27(32)24-16-15-23(33-24)26-25(19-9-11-20(28)12-10-19)29-17-31(26)22-5-3-4-6-22;26-17-11-9-16(10-12-17)23-24(30(15-28-23)18-5-1-2-6-18)21-13-14-22(32-21)25(31)29-20-8-4-3-7-19(20)27/h5-7,10-17,22H,2-4,8-9H2,1H3,(H,31,33);5-7,10-16,21H,3-4,8-9H2,1-2H3,(H,30,32);7-17,22H,2-6H2,1H3,(H,30,32);3-4,7-15,18H,1-2,5-6H2,(H,29,31). The minimum atomic E-state index is -0.545. The zero-order valence-corrected chi connectivity index (χ0v) is 74.4. The molecule has 0 atom stereocenters. The average molecular weight is 1810 g/mol. The number of nitrogens with zero attached hydrogens (tertiary/aromatic N) is 8. The van der Waals surface area contributed by atoms with Gasteiger partial charge >= 0.3 is 5.97 Å². The smallest absolute Gasteiger partial charge is 0.338 e. The van der Waals surface area contributed by atoms with Crippen LogP contribution in [0.15, 0.2) is 280 Å².